The van der Waals surface area contributed by atoms with Crippen LogP contribution in [0.15, 0.2) is 0 Å². The molecular weight excluding hydrogens is 1500 g/mol. The molecule has 44 nitrogen and oxygen atoms in total. The van der Waals surface area contributed by atoms with Crippen LogP contribution in [-0.2, 0) is 86.3 Å². The number of nitrogens with two attached hydrogens (primary N) is 5. The van der Waals surface area contributed by atoms with E-state index >= 15 is 0 Å². The zero-order chi connectivity index (χ0) is 85.5. The first-order valence-electron chi connectivity index (χ1n) is 38.7. The molecule has 0 unspecified atom stereocenters. The molecule has 0 aliphatic carbocycles. The maximum Gasteiger partial charge on any atom is 0.326 e. The van der Waals surface area contributed by atoms with E-state index in [0.717, 1.165) is 14.7 Å². The number of unbranched alkanes of at least 4 members (excludes halogenated alkanes) is 4. The summed E-state index contributed by atoms with van der Waals surface area (Å²) >= 11 is 0. The Kier molecular flexibility index (Phi) is 44.1. The number of carbonyl (C=O) groups is 18. The van der Waals surface area contributed by atoms with Crippen molar-refractivity contribution in [2.75, 3.05) is 65.6 Å². The first kappa shape index (κ1) is 98.3. The van der Waals surface area contributed by atoms with Gasteiger partial charge in [-0.25, -0.2) is 4.79 Å². The van der Waals surface area contributed by atoms with E-state index in [4.69, 9.17) is 28.7 Å². The minimum atomic E-state index is -1.80. The number of hydrogen-bond donors (Lipinski definition) is 23. The highest BCUT2D eigenvalue weighted by molar-refractivity contribution is 6.01. The molecule has 28 N–H and O–H groups in total. The molecule has 3 aliphatic rings. The number of hydrogen-bond acceptors (Lipinski definition) is 26. The lowest BCUT2D eigenvalue weighted by atomic mass is 10.0. The number of aliphatic hydroxyl groups excluding tert-OH is 3. The van der Waals surface area contributed by atoms with Gasteiger partial charge < -0.3 is 138 Å². The molecule has 0 bridgehead atoms. The number of carbonyl (C=O) groups excluding carboxylic acids is 15. The molecule has 3 saturated heterocycles. The molecule has 644 valence electrons. The molecule has 0 aromatic rings. The van der Waals surface area contributed by atoms with Crippen LogP contribution in [0.4, 0.5) is 0 Å². The van der Waals surface area contributed by atoms with Crippen molar-refractivity contribution >= 4 is 107 Å². The zero-order valence-electron chi connectivity index (χ0n) is 65.1. The molecule has 3 aliphatic heterocycles. The average Bonchev–Trinajstić information content (AvgIpc) is 1.68. The van der Waals surface area contributed by atoms with Gasteiger partial charge in [-0.15, -0.1) is 0 Å². The van der Waals surface area contributed by atoms with Crippen LogP contribution in [0, 0.1) is 0 Å². The van der Waals surface area contributed by atoms with Gasteiger partial charge in [-0.1, -0.05) is 0 Å². The fourth-order valence-corrected chi connectivity index (χ4v) is 12.9. The van der Waals surface area contributed by atoms with Crippen molar-refractivity contribution < 1.29 is 117 Å². The van der Waals surface area contributed by atoms with Gasteiger partial charge >= 0.3 is 17.9 Å². The summed E-state index contributed by atoms with van der Waals surface area (Å²) in [5, 5.41) is 89.2. The van der Waals surface area contributed by atoms with Crippen molar-refractivity contribution in [2.45, 2.75) is 266 Å². The molecule has 0 aromatic heterocycles. The third-order valence-corrected chi connectivity index (χ3v) is 19.4. The molecule has 44 heteroatoms. The lowest BCUT2D eigenvalue weighted by Gasteiger charge is -2.30. The van der Waals surface area contributed by atoms with Crippen molar-refractivity contribution in [3.63, 3.8) is 0 Å². The lowest BCUT2D eigenvalue weighted by Crippen LogP contribution is -2.61. The second kappa shape index (κ2) is 51.1. The van der Waals surface area contributed by atoms with Crippen molar-refractivity contribution in [1.82, 2.24) is 78.5 Å². The topological polar surface area (TPSA) is 713 Å². The van der Waals surface area contributed by atoms with Crippen molar-refractivity contribution in [2.24, 2.45) is 28.7 Å². The van der Waals surface area contributed by atoms with Gasteiger partial charge in [0, 0.05) is 32.5 Å². The van der Waals surface area contributed by atoms with Gasteiger partial charge in [0.1, 0.15) is 90.6 Å². The number of nitrogens with zero attached hydrogens (tertiary/aromatic N) is 3. The van der Waals surface area contributed by atoms with Gasteiger partial charge in [0.15, 0.2) is 0 Å². The third kappa shape index (κ3) is 32.2. The Hall–Kier alpha value is -9.86. The van der Waals surface area contributed by atoms with Crippen LogP contribution in [0.2, 0.25) is 0 Å². The summed E-state index contributed by atoms with van der Waals surface area (Å²) in [6, 6.07) is -23.1. The Morgan fingerprint density at radius 1 is 0.316 bits per heavy atom. The Labute approximate surface area is 659 Å². The Bertz CT molecular complexity index is 3300. The van der Waals surface area contributed by atoms with Crippen LogP contribution < -0.4 is 92.5 Å². The molecule has 0 spiro atoms. The Morgan fingerprint density at radius 2 is 0.561 bits per heavy atom. The fraction of sp³-hybridized carbons (Fsp3) is 0.743. The molecule has 3 fully saturated rings. The summed E-state index contributed by atoms with van der Waals surface area (Å²) in [5.41, 5.74) is 28.4. The highest BCUT2D eigenvalue weighted by atomic mass is 16.4. The fourth-order valence-electron chi connectivity index (χ4n) is 12.9. The summed E-state index contributed by atoms with van der Waals surface area (Å²) in [6.45, 7) is 2.83. The van der Waals surface area contributed by atoms with E-state index in [1.807, 2.05) is 0 Å². The predicted octanol–water partition coefficient (Wildman–Crippen LogP) is -9.51. The summed E-state index contributed by atoms with van der Waals surface area (Å²) in [6.07, 6.45) is 0.907. The number of nitrogens with one attached hydrogen (secondary N) is 12. The molecule has 0 saturated carbocycles. The second-order valence-electron chi connectivity index (χ2n) is 28.5. The molecule has 3 heterocycles. The van der Waals surface area contributed by atoms with Crippen molar-refractivity contribution in [3.05, 3.63) is 0 Å². The van der Waals surface area contributed by atoms with E-state index in [2.05, 4.69) is 63.8 Å². The maximum atomic E-state index is 14.3. The minimum Gasteiger partial charge on any atom is -0.481 e. The maximum absolute atomic E-state index is 14.3. The molecule has 15 amide bonds. The number of carboxylic acids is 3. The van der Waals surface area contributed by atoms with Crippen LogP contribution in [0.25, 0.3) is 0 Å². The highest BCUT2D eigenvalue weighted by Crippen LogP contribution is 2.23. The number of likely N-dealkylation sites (tertiary alicyclic amines) is 3. The first-order valence-corrected chi connectivity index (χ1v) is 38.7. The highest BCUT2D eigenvalue weighted by Gasteiger charge is 2.44. The summed E-state index contributed by atoms with van der Waals surface area (Å²) in [7, 11) is 0. The SMILES string of the molecule is C[C@H](N)C(=O)N[C@@H](CCCCN)C(=O)N[C@@H](CO)C(=O)N1CCC[C@H]1C(=O)N[C@@H](C)C(=O)N[C@@H](CCC(=O)O)C(=O)N[C@@H](C)C(=O)N[C@@H](CCCCN)C(=O)N[C@@H](CO)C(=O)N1CCC[C@H]1C(=O)N[C@@H](CCC(=O)O)C(=O)N[C@@H](CCCCN)C(=O)N[C@@H](C)C(=O)N[C@@H](CCCCN)C(=O)N[C@@H](CO)C(=O)N1CCC[C@H]1C(=O)O. The van der Waals surface area contributed by atoms with Gasteiger partial charge in [0.05, 0.1) is 25.9 Å². The standard InChI is InChI=1S/C70H120N20O24/c1-37(75)55(98)79-42(17-6-10-28-72)61(104)85-47(34-91)67(110)88-31-13-20-50(88)65(108)78-40(4)58(101)82-45(23-25-53(94)95)60(103)77-39(3)57(100)81-43(18-7-11-29-73)62(105)86-48(35-92)68(111)89-32-14-21-51(89)66(109)84-46(24-26-54(96)97)64(107)83-41(16-5-9-27-71)59(102)76-38(2)56(99)80-44(19-8-12-30-74)63(106)87-49(36-93)69(112)90-33-15-22-52(90)70(113)114/h37-52,91-93H,5-36,71-75H2,1-4H3,(H,76,102)(H,77,103)(H,78,108)(H,79,98)(H,80,99)(H,81,100)(H,82,101)(H,83,107)(H,84,109)(H,85,104)(H,86,105)(H,87,106)(H,94,95)(H,96,97)(H,113,114)/t37-,38-,39-,40-,41-,42-,43-,44-,45-,46-,47-,48-,49-,50-,51-,52-/m0/s1. The van der Waals surface area contributed by atoms with E-state index in [-0.39, 0.29) is 116 Å². The molecule has 3 rings (SSSR count). The van der Waals surface area contributed by atoms with Crippen LogP contribution >= 0.6 is 0 Å². The number of aliphatic carboxylic acids is 3. The molecule has 16 atom stereocenters. The first-order chi connectivity index (χ1) is 54.0. The van der Waals surface area contributed by atoms with Crippen LogP contribution in [0.1, 0.15) is 169 Å². The van der Waals surface area contributed by atoms with Gasteiger partial charge in [-0.3, -0.25) is 81.5 Å². The smallest absolute Gasteiger partial charge is 0.326 e. The van der Waals surface area contributed by atoms with E-state index in [0.29, 0.717) is 45.1 Å². The average molecular weight is 1630 g/mol. The quantitative estimate of drug-likeness (QED) is 0.0252. The van der Waals surface area contributed by atoms with Gasteiger partial charge in [-0.05, 0) is 182 Å². The number of carboxylic acid groups (broad SMARTS) is 3. The van der Waals surface area contributed by atoms with Crippen molar-refractivity contribution in [3.8, 4) is 0 Å². The summed E-state index contributed by atoms with van der Waals surface area (Å²) < 4.78 is 0. The Morgan fingerprint density at radius 3 is 0.851 bits per heavy atom. The minimum absolute atomic E-state index is 0.00747. The van der Waals surface area contributed by atoms with Crippen molar-refractivity contribution in [1.29, 1.82) is 0 Å². The summed E-state index contributed by atoms with van der Waals surface area (Å²) in [5.74, 6) is -18.2. The van der Waals surface area contributed by atoms with Crippen LogP contribution in [0.5, 0.6) is 0 Å². The normalized spacial score (nSPS) is 18.6. The lowest BCUT2D eigenvalue weighted by molar-refractivity contribution is -0.150. The van der Waals surface area contributed by atoms with E-state index in [1.54, 1.807) is 0 Å². The van der Waals surface area contributed by atoms with Gasteiger partial charge in [0.25, 0.3) is 0 Å². The molecular formula is C70H120N20O24. The Balaban J connectivity index is 1.75. The van der Waals surface area contributed by atoms with E-state index < -0.39 is 249 Å². The number of amides is 15. The van der Waals surface area contributed by atoms with E-state index in [1.165, 1.54) is 27.7 Å². The largest absolute Gasteiger partial charge is 0.481 e. The van der Waals surface area contributed by atoms with Gasteiger partial charge in [-0.2, -0.15) is 0 Å². The van der Waals surface area contributed by atoms with Gasteiger partial charge in [0.2, 0.25) is 88.6 Å². The molecule has 0 radical (unpaired) electrons. The second-order valence-corrected chi connectivity index (χ2v) is 28.5. The molecule has 114 heavy (non-hydrogen) atoms. The zero-order valence-corrected chi connectivity index (χ0v) is 65.1. The van der Waals surface area contributed by atoms with Crippen LogP contribution in [-0.4, -0.2) is 314 Å². The monoisotopic (exact) mass is 1620 g/mol. The summed E-state index contributed by atoms with van der Waals surface area (Å²) in [4.78, 5) is 245. The van der Waals surface area contributed by atoms with Crippen LogP contribution in [0.3, 0.4) is 0 Å². The predicted molar refractivity (Wildman–Crippen MR) is 402 cm³/mol. The number of rotatable bonds is 53. The third-order valence-electron chi connectivity index (χ3n) is 19.4. The van der Waals surface area contributed by atoms with E-state index in [9.17, 15) is 117 Å². The molecule has 0 aromatic carbocycles. The number of aliphatic hydroxyl groups is 3.